The molecule has 2 N–H and O–H groups in total. The molecule has 1 amide bonds. The molecular weight excluding hydrogens is 285 g/mol. The van der Waals surface area contributed by atoms with E-state index in [1.165, 1.54) is 18.3 Å². The van der Waals surface area contributed by atoms with Crippen LogP contribution >= 0.6 is 0 Å². The fourth-order valence-electron chi connectivity index (χ4n) is 1.86. The van der Waals surface area contributed by atoms with E-state index in [2.05, 4.69) is 15.6 Å². The van der Waals surface area contributed by atoms with Gasteiger partial charge in [0.2, 0.25) is 0 Å². The summed E-state index contributed by atoms with van der Waals surface area (Å²) < 4.78 is 18.5. The largest absolute Gasteiger partial charge is 0.385 e. The van der Waals surface area contributed by atoms with Crippen LogP contribution in [0.25, 0.3) is 0 Å². The highest BCUT2D eigenvalue weighted by molar-refractivity contribution is 6.04. The van der Waals surface area contributed by atoms with Crippen molar-refractivity contribution in [2.75, 3.05) is 30.9 Å². The Morgan fingerprint density at radius 3 is 2.91 bits per heavy atom. The molecule has 0 bridgehead atoms. The van der Waals surface area contributed by atoms with Gasteiger partial charge in [-0.3, -0.25) is 4.79 Å². The standard InChI is InChI=1S/C16H18FN3O2/c1-22-10-4-8-18-15-11-12(7-9-19-15)16(21)20-14-6-3-2-5-13(14)17/h2-3,5-7,9,11H,4,8,10H2,1H3,(H,18,19)(H,20,21). The Labute approximate surface area is 128 Å². The summed E-state index contributed by atoms with van der Waals surface area (Å²) in [5.41, 5.74) is 0.561. The highest BCUT2D eigenvalue weighted by atomic mass is 19.1. The number of aromatic nitrogens is 1. The zero-order valence-corrected chi connectivity index (χ0v) is 12.3. The molecule has 1 heterocycles. The van der Waals surface area contributed by atoms with Crippen molar-refractivity contribution in [1.82, 2.24) is 4.98 Å². The maximum Gasteiger partial charge on any atom is 0.255 e. The quantitative estimate of drug-likeness (QED) is 0.772. The van der Waals surface area contributed by atoms with E-state index in [1.807, 2.05) is 0 Å². The number of anilines is 2. The maximum absolute atomic E-state index is 13.5. The molecule has 0 unspecified atom stereocenters. The molecule has 22 heavy (non-hydrogen) atoms. The van der Waals surface area contributed by atoms with E-state index in [1.54, 1.807) is 31.4 Å². The molecule has 5 nitrogen and oxygen atoms in total. The lowest BCUT2D eigenvalue weighted by Crippen LogP contribution is -2.14. The van der Waals surface area contributed by atoms with Gasteiger partial charge in [-0.2, -0.15) is 0 Å². The Morgan fingerprint density at radius 1 is 1.32 bits per heavy atom. The smallest absolute Gasteiger partial charge is 0.255 e. The summed E-state index contributed by atoms with van der Waals surface area (Å²) in [7, 11) is 1.64. The number of ether oxygens (including phenoxy) is 1. The number of carbonyl (C=O) groups excluding carboxylic acids is 1. The molecule has 0 spiro atoms. The number of amides is 1. The van der Waals surface area contributed by atoms with Crippen LogP contribution < -0.4 is 10.6 Å². The van der Waals surface area contributed by atoms with Crippen LogP contribution in [0.3, 0.4) is 0 Å². The van der Waals surface area contributed by atoms with Crippen LogP contribution in [0.15, 0.2) is 42.6 Å². The van der Waals surface area contributed by atoms with Crippen LogP contribution in [0.4, 0.5) is 15.9 Å². The second kappa shape index (κ2) is 8.09. The highest BCUT2D eigenvalue weighted by Gasteiger charge is 2.09. The summed E-state index contributed by atoms with van der Waals surface area (Å²) in [6.45, 7) is 1.35. The molecule has 2 rings (SSSR count). The maximum atomic E-state index is 13.5. The average molecular weight is 303 g/mol. The molecule has 0 aliphatic carbocycles. The number of methoxy groups -OCH3 is 1. The lowest BCUT2D eigenvalue weighted by molar-refractivity contribution is 0.102. The van der Waals surface area contributed by atoms with Crippen molar-refractivity contribution < 1.29 is 13.9 Å². The first-order valence-corrected chi connectivity index (χ1v) is 6.95. The predicted molar refractivity (Wildman–Crippen MR) is 83.6 cm³/mol. The van der Waals surface area contributed by atoms with E-state index in [0.717, 1.165) is 6.42 Å². The van der Waals surface area contributed by atoms with Crippen molar-refractivity contribution in [3.8, 4) is 0 Å². The third kappa shape index (κ3) is 4.53. The minimum Gasteiger partial charge on any atom is -0.385 e. The van der Waals surface area contributed by atoms with E-state index >= 15 is 0 Å². The number of para-hydroxylation sites is 1. The molecule has 116 valence electrons. The number of benzene rings is 1. The number of halogens is 1. The second-order valence-corrected chi connectivity index (χ2v) is 4.64. The Morgan fingerprint density at radius 2 is 2.14 bits per heavy atom. The third-order valence-electron chi connectivity index (χ3n) is 2.98. The van der Waals surface area contributed by atoms with Crippen molar-refractivity contribution in [2.24, 2.45) is 0 Å². The predicted octanol–water partition coefficient (Wildman–Crippen LogP) is 2.92. The molecule has 0 atom stereocenters. The first kappa shape index (κ1) is 15.9. The number of pyridine rings is 1. The molecule has 0 radical (unpaired) electrons. The number of hydrogen-bond acceptors (Lipinski definition) is 4. The van der Waals surface area contributed by atoms with Gasteiger partial charge in [0.05, 0.1) is 5.69 Å². The van der Waals surface area contributed by atoms with Gasteiger partial charge in [0.1, 0.15) is 11.6 Å². The highest BCUT2D eigenvalue weighted by Crippen LogP contribution is 2.15. The van der Waals surface area contributed by atoms with E-state index in [0.29, 0.717) is 24.5 Å². The van der Waals surface area contributed by atoms with Crippen LogP contribution in [0, 0.1) is 5.82 Å². The van der Waals surface area contributed by atoms with Gasteiger partial charge in [0.25, 0.3) is 5.91 Å². The Kier molecular flexibility index (Phi) is 5.85. The summed E-state index contributed by atoms with van der Waals surface area (Å²) in [6.07, 6.45) is 2.37. The van der Waals surface area contributed by atoms with Crippen molar-refractivity contribution in [2.45, 2.75) is 6.42 Å². The molecule has 0 aliphatic heterocycles. The van der Waals surface area contributed by atoms with E-state index < -0.39 is 5.82 Å². The SMILES string of the molecule is COCCCNc1cc(C(=O)Nc2ccccc2F)ccn1. The number of nitrogens with one attached hydrogen (secondary N) is 2. The minimum atomic E-state index is -0.470. The molecule has 0 aliphatic rings. The van der Waals surface area contributed by atoms with Gasteiger partial charge in [0.15, 0.2) is 0 Å². The lowest BCUT2D eigenvalue weighted by Gasteiger charge is -2.08. The summed E-state index contributed by atoms with van der Waals surface area (Å²) in [4.78, 5) is 16.3. The van der Waals surface area contributed by atoms with Crippen molar-refractivity contribution in [3.63, 3.8) is 0 Å². The first-order valence-electron chi connectivity index (χ1n) is 6.95. The summed E-state index contributed by atoms with van der Waals surface area (Å²) in [5, 5.41) is 5.65. The molecule has 2 aromatic rings. The molecule has 1 aromatic heterocycles. The van der Waals surface area contributed by atoms with Crippen LogP contribution in [0.5, 0.6) is 0 Å². The van der Waals surface area contributed by atoms with Gasteiger partial charge < -0.3 is 15.4 Å². The van der Waals surface area contributed by atoms with E-state index in [9.17, 15) is 9.18 Å². The number of carbonyl (C=O) groups is 1. The zero-order valence-electron chi connectivity index (χ0n) is 12.3. The number of nitrogens with zero attached hydrogens (tertiary/aromatic N) is 1. The summed E-state index contributed by atoms with van der Waals surface area (Å²) in [5.74, 6) is -0.257. The Bertz CT molecular complexity index is 634. The van der Waals surface area contributed by atoms with Crippen LogP contribution in [0.1, 0.15) is 16.8 Å². The molecule has 0 saturated heterocycles. The van der Waals surface area contributed by atoms with Gasteiger partial charge in [0, 0.05) is 32.0 Å². The average Bonchev–Trinajstić information content (AvgIpc) is 2.54. The fourth-order valence-corrected chi connectivity index (χ4v) is 1.86. The van der Waals surface area contributed by atoms with Crippen molar-refractivity contribution in [3.05, 3.63) is 54.0 Å². The Balaban J connectivity index is 1.99. The third-order valence-corrected chi connectivity index (χ3v) is 2.98. The van der Waals surface area contributed by atoms with Gasteiger partial charge in [-0.1, -0.05) is 12.1 Å². The number of rotatable bonds is 7. The minimum absolute atomic E-state index is 0.152. The Hall–Kier alpha value is -2.47. The van der Waals surface area contributed by atoms with Crippen LogP contribution in [-0.4, -0.2) is 31.2 Å². The summed E-state index contributed by atoms with van der Waals surface area (Å²) >= 11 is 0. The van der Waals surface area contributed by atoms with Gasteiger partial charge in [-0.15, -0.1) is 0 Å². The second-order valence-electron chi connectivity index (χ2n) is 4.64. The van der Waals surface area contributed by atoms with Gasteiger partial charge in [-0.05, 0) is 30.7 Å². The van der Waals surface area contributed by atoms with Crippen LogP contribution in [-0.2, 0) is 4.74 Å². The topological polar surface area (TPSA) is 63.2 Å². The molecule has 6 heteroatoms. The summed E-state index contributed by atoms with van der Waals surface area (Å²) in [6, 6.07) is 9.25. The van der Waals surface area contributed by atoms with Gasteiger partial charge >= 0.3 is 0 Å². The lowest BCUT2D eigenvalue weighted by atomic mass is 10.2. The number of hydrogen-bond donors (Lipinski definition) is 2. The molecule has 1 aromatic carbocycles. The van der Waals surface area contributed by atoms with Gasteiger partial charge in [-0.25, -0.2) is 9.37 Å². The monoisotopic (exact) mass is 303 g/mol. The zero-order chi connectivity index (χ0) is 15.8. The first-order chi connectivity index (χ1) is 10.7. The molecule has 0 fully saturated rings. The normalized spacial score (nSPS) is 10.3. The molecule has 0 saturated carbocycles. The molecular formula is C16H18FN3O2. The van der Waals surface area contributed by atoms with E-state index in [4.69, 9.17) is 4.74 Å². The van der Waals surface area contributed by atoms with E-state index in [-0.39, 0.29) is 11.6 Å². The fraction of sp³-hybridized carbons (Fsp3) is 0.250. The van der Waals surface area contributed by atoms with Crippen molar-refractivity contribution in [1.29, 1.82) is 0 Å². The van der Waals surface area contributed by atoms with Crippen molar-refractivity contribution >= 4 is 17.4 Å². The van der Waals surface area contributed by atoms with Crippen LogP contribution in [0.2, 0.25) is 0 Å².